The van der Waals surface area contributed by atoms with Crippen molar-refractivity contribution in [1.82, 2.24) is 20.3 Å². The second-order valence-electron chi connectivity index (χ2n) is 7.23. The fourth-order valence-electron chi connectivity index (χ4n) is 3.60. The highest BCUT2D eigenvalue weighted by Gasteiger charge is 2.28. The number of carbonyl (C=O) groups is 1. The highest BCUT2D eigenvalue weighted by molar-refractivity contribution is 7.14. The number of rotatable bonds is 5. The van der Waals surface area contributed by atoms with Crippen LogP contribution in [0.4, 0.5) is 5.69 Å². The summed E-state index contributed by atoms with van der Waals surface area (Å²) in [5, 5.41) is 13.6. The van der Waals surface area contributed by atoms with Crippen LogP contribution in [0.15, 0.2) is 30.3 Å². The van der Waals surface area contributed by atoms with Crippen molar-refractivity contribution in [3.63, 3.8) is 0 Å². The summed E-state index contributed by atoms with van der Waals surface area (Å²) in [5.41, 5.74) is 2.26. The van der Waals surface area contributed by atoms with Crippen molar-refractivity contribution in [3.05, 3.63) is 40.1 Å². The summed E-state index contributed by atoms with van der Waals surface area (Å²) < 4.78 is 0. The topological polar surface area (TPSA) is 73.9 Å². The average Bonchev–Trinajstić information content (AvgIpc) is 3.33. The number of hydrogen-bond donors (Lipinski definition) is 2. The molecule has 1 aliphatic heterocycles. The van der Waals surface area contributed by atoms with E-state index in [1.54, 1.807) is 11.3 Å². The Kier molecular flexibility index (Phi) is 4.74. The van der Waals surface area contributed by atoms with Gasteiger partial charge in [0.15, 0.2) is 0 Å². The number of benzene rings is 1. The zero-order valence-corrected chi connectivity index (χ0v) is 15.8. The van der Waals surface area contributed by atoms with Crippen molar-refractivity contribution in [2.45, 2.75) is 32.7 Å². The number of H-pyrrole nitrogens is 1. The van der Waals surface area contributed by atoms with Crippen molar-refractivity contribution in [3.8, 4) is 0 Å². The molecule has 6 nitrogen and oxygen atoms in total. The van der Waals surface area contributed by atoms with Crippen molar-refractivity contribution in [2.75, 3.05) is 18.4 Å². The van der Waals surface area contributed by atoms with Crippen LogP contribution in [-0.2, 0) is 0 Å². The van der Waals surface area contributed by atoms with E-state index in [-0.39, 0.29) is 5.91 Å². The van der Waals surface area contributed by atoms with Gasteiger partial charge < -0.3 is 5.32 Å². The van der Waals surface area contributed by atoms with Gasteiger partial charge in [0.2, 0.25) is 0 Å². The van der Waals surface area contributed by atoms with Gasteiger partial charge in [-0.25, -0.2) is 0 Å². The SMILES string of the molecule is CC(C)CN1CCC[C@@H]1c1ccc(C(=O)Nc2ccc3n[nH]nc3c2)s1. The number of nitrogens with zero attached hydrogens (tertiary/aromatic N) is 3. The molecule has 4 rings (SSSR count). The minimum atomic E-state index is -0.0718. The molecule has 2 aromatic heterocycles. The molecule has 1 fully saturated rings. The van der Waals surface area contributed by atoms with Gasteiger partial charge in [-0.3, -0.25) is 9.69 Å². The molecule has 136 valence electrons. The molecule has 3 heterocycles. The Morgan fingerprint density at radius 2 is 2.15 bits per heavy atom. The Morgan fingerprint density at radius 3 is 3.00 bits per heavy atom. The van der Waals surface area contributed by atoms with E-state index in [9.17, 15) is 4.79 Å². The van der Waals surface area contributed by atoms with Crippen LogP contribution in [0.2, 0.25) is 0 Å². The third kappa shape index (κ3) is 3.50. The Balaban J connectivity index is 1.47. The van der Waals surface area contributed by atoms with Crippen LogP contribution in [0, 0.1) is 5.92 Å². The molecule has 0 unspecified atom stereocenters. The number of hydrogen-bond acceptors (Lipinski definition) is 5. The number of likely N-dealkylation sites (tertiary alicyclic amines) is 1. The third-order valence-electron chi connectivity index (χ3n) is 4.72. The van der Waals surface area contributed by atoms with Crippen molar-refractivity contribution in [1.29, 1.82) is 0 Å². The normalized spacial score (nSPS) is 18.0. The number of anilines is 1. The van der Waals surface area contributed by atoms with Gasteiger partial charge in [0.25, 0.3) is 5.91 Å². The van der Waals surface area contributed by atoms with Gasteiger partial charge in [-0.2, -0.15) is 15.4 Å². The second kappa shape index (κ2) is 7.17. The van der Waals surface area contributed by atoms with E-state index in [1.807, 2.05) is 24.3 Å². The summed E-state index contributed by atoms with van der Waals surface area (Å²) in [6.45, 7) is 6.78. The summed E-state index contributed by atoms with van der Waals surface area (Å²) in [7, 11) is 0. The minimum absolute atomic E-state index is 0.0718. The quantitative estimate of drug-likeness (QED) is 0.711. The number of aromatic amines is 1. The van der Waals surface area contributed by atoms with Crippen molar-refractivity contribution < 1.29 is 4.79 Å². The third-order valence-corrected chi connectivity index (χ3v) is 5.90. The molecule has 0 bridgehead atoms. The summed E-state index contributed by atoms with van der Waals surface area (Å²) >= 11 is 1.61. The molecule has 26 heavy (non-hydrogen) atoms. The smallest absolute Gasteiger partial charge is 0.265 e. The number of carbonyl (C=O) groups excluding carboxylic acids is 1. The molecule has 3 aromatic rings. The maximum Gasteiger partial charge on any atom is 0.265 e. The van der Waals surface area contributed by atoms with Crippen LogP contribution < -0.4 is 5.32 Å². The summed E-state index contributed by atoms with van der Waals surface area (Å²) in [6.07, 6.45) is 2.41. The highest BCUT2D eigenvalue weighted by atomic mass is 32.1. The summed E-state index contributed by atoms with van der Waals surface area (Å²) in [4.78, 5) is 17.2. The fourth-order valence-corrected chi connectivity index (χ4v) is 4.67. The maximum absolute atomic E-state index is 12.6. The van der Waals surface area contributed by atoms with E-state index < -0.39 is 0 Å². The maximum atomic E-state index is 12.6. The van der Waals surface area contributed by atoms with Gasteiger partial charge in [-0.05, 0) is 55.6 Å². The lowest BCUT2D eigenvalue weighted by Gasteiger charge is -2.25. The lowest BCUT2D eigenvalue weighted by Crippen LogP contribution is -2.26. The Morgan fingerprint density at radius 1 is 1.31 bits per heavy atom. The summed E-state index contributed by atoms with van der Waals surface area (Å²) in [5.74, 6) is 0.585. The first kappa shape index (κ1) is 17.2. The highest BCUT2D eigenvalue weighted by Crippen LogP contribution is 2.36. The molecule has 2 N–H and O–H groups in total. The van der Waals surface area contributed by atoms with Crippen LogP contribution in [0.3, 0.4) is 0 Å². The summed E-state index contributed by atoms with van der Waals surface area (Å²) in [6, 6.07) is 10.0. The minimum Gasteiger partial charge on any atom is -0.321 e. The molecule has 1 saturated heterocycles. The predicted molar refractivity (Wildman–Crippen MR) is 105 cm³/mol. The van der Waals surface area contributed by atoms with Gasteiger partial charge in [-0.15, -0.1) is 11.3 Å². The second-order valence-corrected chi connectivity index (χ2v) is 8.35. The van der Waals surface area contributed by atoms with Gasteiger partial charge >= 0.3 is 0 Å². The predicted octanol–water partition coefficient (Wildman–Crippen LogP) is 4.06. The fraction of sp³-hybridized carbons (Fsp3) is 0.421. The first-order valence-electron chi connectivity index (χ1n) is 9.06. The van der Waals surface area contributed by atoms with E-state index >= 15 is 0 Å². The van der Waals surface area contributed by atoms with E-state index in [1.165, 1.54) is 17.7 Å². The first-order chi connectivity index (χ1) is 12.6. The zero-order chi connectivity index (χ0) is 18.1. The molecule has 1 amide bonds. The molecule has 1 aliphatic rings. The molecule has 0 spiro atoms. The zero-order valence-electron chi connectivity index (χ0n) is 15.0. The van der Waals surface area contributed by atoms with Crippen LogP contribution in [0.5, 0.6) is 0 Å². The molecular weight excluding hydrogens is 346 g/mol. The number of amides is 1. The van der Waals surface area contributed by atoms with Crippen LogP contribution >= 0.6 is 11.3 Å². The number of thiophene rings is 1. The molecular formula is C19H23N5OS. The van der Waals surface area contributed by atoms with Crippen molar-refractivity contribution >= 4 is 34.0 Å². The molecule has 0 radical (unpaired) electrons. The van der Waals surface area contributed by atoms with E-state index in [4.69, 9.17) is 0 Å². The van der Waals surface area contributed by atoms with Crippen LogP contribution in [0.25, 0.3) is 11.0 Å². The van der Waals surface area contributed by atoms with Gasteiger partial charge in [0, 0.05) is 23.2 Å². The lowest BCUT2D eigenvalue weighted by atomic mass is 10.1. The van der Waals surface area contributed by atoms with Gasteiger partial charge in [0.1, 0.15) is 11.0 Å². The van der Waals surface area contributed by atoms with E-state index in [0.29, 0.717) is 12.0 Å². The molecule has 1 atom stereocenters. The first-order valence-corrected chi connectivity index (χ1v) is 9.87. The van der Waals surface area contributed by atoms with Crippen molar-refractivity contribution in [2.24, 2.45) is 5.92 Å². The standard InChI is InChI=1S/C19H23N5OS/c1-12(2)11-24-9-3-4-16(24)17-7-8-18(26-17)19(25)20-13-5-6-14-15(10-13)22-23-21-14/h5-8,10,12,16H,3-4,9,11H2,1-2H3,(H,20,25)(H,21,22,23)/t16-/m1/s1. The molecule has 1 aromatic carbocycles. The lowest BCUT2D eigenvalue weighted by molar-refractivity contribution is 0.103. The molecule has 0 aliphatic carbocycles. The Hall–Kier alpha value is -2.25. The number of aromatic nitrogens is 3. The van der Waals surface area contributed by atoms with Gasteiger partial charge in [0.05, 0.1) is 4.88 Å². The Labute approximate surface area is 156 Å². The van der Waals surface area contributed by atoms with E-state index in [0.717, 1.165) is 34.7 Å². The number of nitrogens with one attached hydrogen (secondary N) is 2. The average molecular weight is 369 g/mol. The molecule has 7 heteroatoms. The van der Waals surface area contributed by atoms with Crippen LogP contribution in [-0.4, -0.2) is 39.3 Å². The van der Waals surface area contributed by atoms with E-state index in [2.05, 4.69) is 45.5 Å². The van der Waals surface area contributed by atoms with Crippen LogP contribution in [0.1, 0.15) is 47.3 Å². The van der Waals surface area contributed by atoms with Gasteiger partial charge in [-0.1, -0.05) is 13.8 Å². The molecule has 0 saturated carbocycles. The monoisotopic (exact) mass is 369 g/mol. The number of fused-ring (bicyclic) bond motifs is 1. The largest absolute Gasteiger partial charge is 0.321 e. The Bertz CT molecular complexity index is 915.